The van der Waals surface area contributed by atoms with Gasteiger partial charge in [-0.15, -0.1) is 0 Å². The number of hydrogen-bond donors (Lipinski definition) is 1. The lowest BCUT2D eigenvalue weighted by molar-refractivity contribution is 0.195. The highest BCUT2D eigenvalue weighted by molar-refractivity contribution is 6.30. The summed E-state index contributed by atoms with van der Waals surface area (Å²) in [4.78, 5) is 4.23. The zero-order chi connectivity index (χ0) is 10.3. The van der Waals surface area contributed by atoms with Crippen LogP contribution in [0.5, 0.6) is 0 Å². The van der Waals surface area contributed by atoms with Crippen LogP contribution in [0.15, 0.2) is 18.3 Å². The van der Waals surface area contributed by atoms with Gasteiger partial charge in [0.2, 0.25) is 0 Å². The molecule has 14 heavy (non-hydrogen) atoms. The Hall–Kier alpha value is -1.06. The average molecular weight is 211 g/mol. The second kappa shape index (κ2) is 3.26. The van der Waals surface area contributed by atoms with Crippen molar-refractivity contribution in [2.75, 3.05) is 0 Å². The summed E-state index contributed by atoms with van der Waals surface area (Å²) in [5.74, 6) is 0. The van der Waals surface area contributed by atoms with Gasteiger partial charge in [0.25, 0.3) is 0 Å². The van der Waals surface area contributed by atoms with Gasteiger partial charge in [-0.05, 0) is 25.5 Å². The van der Waals surface area contributed by atoms with Crippen LogP contribution < -0.4 is 0 Å². The van der Waals surface area contributed by atoms with E-state index in [-0.39, 0.29) is 0 Å². The van der Waals surface area contributed by atoms with Gasteiger partial charge in [0.05, 0.1) is 6.10 Å². The molecule has 0 aliphatic heterocycles. The van der Waals surface area contributed by atoms with Crippen molar-refractivity contribution in [3.8, 4) is 0 Å². The summed E-state index contributed by atoms with van der Waals surface area (Å²) in [7, 11) is 0. The fourth-order valence-corrected chi connectivity index (χ4v) is 1.74. The highest BCUT2D eigenvalue weighted by Crippen LogP contribution is 2.23. The number of nitrogens with zero attached hydrogens (tertiary/aromatic N) is 2. The first-order chi connectivity index (χ1) is 6.59. The third-order valence-corrected chi connectivity index (χ3v) is 2.50. The van der Waals surface area contributed by atoms with Crippen LogP contribution in [-0.4, -0.2) is 14.5 Å². The van der Waals surface area contributed by atoms with Crippen molar-refractivity contribution in [2.24, 2.45) is 0 Å². The minimum atomic E-state index is -0.636. The Labute approximate surface area is 87.0 Å². The van der Waals surface area contributed by atoms with Gasteiger partial charge < -0.3 is 5.11 Å². The second-order valence-electron chi connectivity index (χ2n) is 3.40. The molecule has 0 aliphatic rings. The number of aromatic nitrogens is 2. The Morgan fingerprint density at radius 2 is 2.21 bits per heavy atom. The van der Waals surface area contributed by atoms with Crippen molar-refractivity contribution < 1.29 is 5.11 Å². The lowest BCUT2D eigenvalue weighted by atomic mass is 10.3. The van der Waals surface area contributed by atoms with E-state index in [1.807, 2.05) is 25.3 Å². The quantitative estimate of drug-likeness (QED) is 0.785. The number of fused-ring (bicyclic) bond motifs is 1. The van der Waals surface area contributed by atoms with Gasteiger partial charge in [-0.3, -0.25) is 4.40 Å². The molecule has 2 aromatic rings. The van der Waals surface area contributed by atoms with E-state index >= 15 is 0 Å². The van der Waals surface area contributed by atoms with Crippen molar-refractivity contribution in [3.63, 3.8) is 0 Å². The number of pyridine rings is 1. The average Bonchev–Trinajstić information content (AvgIpc) is 2.44. The summed E-state index contributed by atoms with van der Waals surface area (Å²) in [6.07, 6.45) is 1.26. The zero-order valence-corrected chi connectivity index (χ0v) is 8.78. The van der Waals surface area contributed by atoms with Crippen LogP contribution in [0.4, 0.5) is 0 Å². The SMILES string of the molecule is Cc1ccc2nc(C(C)O)c(Cl)n2c1. The maximum absolute atomic E-state index is 9.41. The highest BCUT2D eigenvalue weighted by Gasteiger charge is 2.13. The van der Waals surface area contributed by atoms with Gasteiger partial charge in [-0.1, -0.05) is 17.7 Å². The first-order valence-electron chi connectivity index (χ1n) is 4.42. The minimum Gasteiger partial charge on any atom is -0.387 e. The maximum atomic E-state index is 9.41. The van der Waals surface area contributed by atoms with Crippen LogP contribution in [-0.2, 0) is 0 Å². The molecule has 4 heteroatoms. The lowest BCUT2D eigenvalue weighted by Crippen LogP contribution is -1.91. The van der Waals surface area contributed by atoms with Crippen molar-refractivity contribution in [1.29, 1.82) is 0 Å². The first-order valence-corrected chi connectivity index (χ1v) is 4.79. The molecular formula is C10H11ClN2O. The molecule has 1 atom stereocenters. The molecule has 1 unspecified atom stereocenters. The molecule has 0 fully saturated rings. The summed E-state index contributed by atoms with van der Waals surface area (Å²) in [6.45, 7) is 3.64. The van der Waals surface area contributed by atoms with Gasteiger partial charge in [0, 0.05) is 6.20 Å². The van der Waals surface area contributed by atoms with E-state index in [0.717, 1.165) is 11.2 Å². The highest BCUT2D eigenvalue weighted by atomic mass is 35.5. The molecule has 0 bridgehead atoms. The largest absolute Gasteiger partial charge is 0.387 e. The van der Waals surface area contributed by atoms with Gasteiger partial charge in [0.15, 0.2) is 0 Å². The van der Waals surface area contributed by atoms with E-state index in [4.69, 9.17) is 11.6 Å². The predicted octanol–water partition coefficient (Wildman–Crippen LogP) is 2.35. The number of hydrogen-bond acceptors (Lipinski definition) is 2. The van der Waals surface area contributed by atoms with Gasteiger partial charge in [0.1, 0.15) is 16.5 Å². The number of halogens is 1. The number of rotatable bonds is 1. The summed E-state index contributed by atoms with van der Waals surface area (Å²) < 4.78 is 1.78. The third kappa shape index (κ3) is 1.38. The van der Waals surface area contributed by atoms with Crippen LogP contribution in [0.25, 0.3) is 5.65 Å². The van der Waals surface area contributed by atoms with E-state index < -0.39 is 6.10 Å². The Morgan fingerprint density at radius 1 is 1.50 bits per heavy atom. The normalized spacial score (nSPS) is 13.4. The molecule has 0 saturated heterocycles. The van der Waals surface area contributed by atoms with Crippen molar-refractivity contribution in [1.82, 2.24) is 9.38 Å². The molecule has 0 aromatic carbocycles. The Kier molecular flexibility index (Phi) is 2.21. The molecule has 74 valence electrons. The summed E-state index contributed by atoms with van der Waals surface area (Å²) in [5, 5.41) is 9.90. The molecular weight excluding hydrogens is 200 g/mol. The number of aryl methyl sites for hydroxylation is 1. The Bertz CT molecular complexity index is 476. The van der Waals surface area contributed by atoms with Crippen LogP contribution in [0.3, 0.4) is 0 Å². The Morgan fingerprint density at radius 3 is 2.86 bits per heavy atom. The zero-order valence-electron chi connectivity index (χ0n) is 8.03. The van der Waals surface area contributed by atoms with E-state index in [0.29, 0.717) is 10.8 Å². The number of aliphatic hydroxyl groups is 1. The molecule has 2 heterocycles. The molecule has 0 aliphatic carbocycles. The minimum absolute atomic E-state index is 0.485. The van der Waals surface area contributed by atoms with E-state index in [2.05, 4.69) is 4.98 Å². The predicted molar refractivity (Wildman–Crippen MR) is 55.6 cm³/mol. The smallest absolute Gasteiger partial charge is 0.139 e. The monoisotopic (exact) mass is 210 g/mol. The fraction of sp³-hybridized carbons (Fsp3) is 0.300. The third-order valence-electron chi connectivity index (χ3n) is 2.13. The lowest BCUT2D eigenvalue weighted by Gasteiger charge is -1.99. The fourth-order valence-electron chi connectivity index (χ4n) is 1.41. The van der Waals surface area contributed by atoms with Crippen LogP contribution in [0.1, 0.15) is 24.3 Å². The number of imidazole rings is 1. The molecule has 0 amide bonds. The van der Waals surface area contributed by atoms with Crippen molar-refractivity contribution in [3.05, 3.63) is 34.7 Å². The number of aliphatic hydroxyl groups excluding tert-OH is 1. The van der Waals surface area contributed by atoms with E-state index in [1.165, 1.54) is 0 Å². The standard InChI is InChI=1S/C10H11ClN2O/c1-6-3-4-8-12-9(7(2)14)10(11)13(8)5-6/h3-5,7,14H,1-2H3. The topological polar surface area (TPSA) is 37.5 Å². The van der Waals surface area contributed by atoms with Gasteiger partial charge >= 0.3 is 0 Å². The summed E-state index contributed by atoms with van der Waals surface area (Å²) in [6, 6.07) is 3.84. The van der Waals surface area contributed by atoms with Gasteiger partial charge in [-0.2, -0.15) is 0 Å². The maximum Gasteiger partial charge on any atom is 0.139 e. The molecule has 3 nitrogen and oxygen atoms in total. The van der Waals surface area contributed by atoms with Crippen LogP contribution in [0.2, 0.25) is 5.15 Å². The van der Waals surface area contributed by atoms with E-state index in [9.17, 15) is 5.11 Å². The molecule has 2 rings (SSSR count). The van der Waals surface area contributed by atoms with Crippen LogP contribution in [0, 0.1) is 6.92 Å². The van der Waals surface area contributed by atoms with Crippen molar-refractivity contribution >= 4 is 17.2 Å². The van der Waals surface area contributed by atoms with Crippen LogP contribution >= 0.6 is 11.6 Å². The molecule has 2 aromatic heterocycles. The first kappa shape index (κ1) is 9.49. The van der Waals surface area contributed by atoms with Crippen molar-refractivity contribution in [2.45, 2.75) is 20.0 Å². The molecule has 0 saturated carbocycles. The summed E-state index contributed by atoms with van der Waals surface area (Å²) in [5.41, 5.74) is 2.39. The molecule has 0 spiro atoms. The molecule has 0 radical (unpaired) electrons. The second-order valence-corrected chi connectivity index (χ2v) is 3.76. The van der Waals surface area contributed by atoms with Gasteiger partial charge in [-0.25, -0.2) is 4.98 Å². The molecule has 1 N–H and O–H groups in total. The van der Waals surface area contributed by atoms with E-state index in [1.54, 1.807) is 11.3 Å². The summed E-state index contributed by atoms with van der Waals surface area (Å²) >= 11 is 6.06. The Balaban J connectivity index is 2.74.